The quantitative estimate of drug-likeness (QED) is 0.617. The number of nitrogens with zero attached hydrogens (tertiary/aromatic N) is 3. The summed E-state index contributed by atoms with van der Waals surface area (Å²) in [5.41, 5.74) is 8.67. The number of benzene rings is 1. The predicted octanol–water partition coefficient (Wildman–Crippen LogP) is 1.21. The number of rotatable bonds is 6. The molecule has 0 aliphatic rings. The smallest absolute Gasteiger partial charge is 0.247 e. The van der Waals surface area contributed by atoms with Gasteiger partial charge in [-0.15, -0.1) is 10.2 Å². The Morgan fingerprint density at radius 1 is 1.48 bits per heavy atom. The van der Waals surface area contributed by atoms with Crippen LogP contribution < -0.4 is 15.9 Å². The van der Waals surface area contributed by atoms with E-state index in [0.29, 0.717) is 16.7 Å². The van der Waals surface area contributed by atoms with E-state index in [-0.39, 0.29) is 12.3 Å². The molecule has 0 aliphatic carbocycles. The van der Waals surface area contributed by atoms with Crippen LogP contribution in [0.3, 0.4) is 0 Å². The third-order valence-corrected chi connectivity index (χ3v) is 3.16. The average molecular weight is 305 g/mol. The molecular weight excluding hydrogens is 290 g/mol. The number of anilines is 1. The molecule has 8 heteroatoms. The Labute approximate surface area is 125 Å². The zero-order valence-corrected chi connectivity index (χ0v) is 12.3. The predicted molar refractivity (Wildman–Crippen MR) is 81.4 cm³/mol. The van der Waals surface area contributed by atoms with Gasteiger partial charge in [0.15, 0.2) is 0 Å². The van der Waals surface area contributed by atoms with E-state index in [0.717, 1.165) is 11.3 Å². The Bertz CT molecular complexity index is 641. The molecule has 0 saturated carbocycles. The lowest BCUT2D eigenvalue weighted by Gasteiger charge is -2.05. The SMILES string of the molecule is CCOc1ccccc1C=NNC(=O)Cc1nnc(N)s1. The van der Waals surface area contributed by atoms with E-state index in [1.54, 1.807) is 0 Å². The summed E-state index contributed by atoms with van der Waals surface area (Å²) >= 11 is 1.18. The van der Waals surface area contributed by atoms with E-state index in [2.05, 4.69) is 20.7 Å². The van der Waals surface area contributed by atoms with Crippen molar-refractivity contribution in [2.75, 3.05) is 12.3 Å². The van der Waals surface area contributed by atoms with E-state index >= 15 is 0 Å². The molecule has 7 nitrogen and oxygen atoms in total. The van der Waals surface area contributed by atoms with Gasteiger partial charge in [-0.05, 0) is 19.1 Å². The van der Waals surface area contributed by atoms with Crippen molar-refractivity contribution in [1.82, 2.24) is 15.6 Å². The van der Waals surface area contributed by atoms with Gasteiger partial charge in [-0.1, -0.05) is 23.5 Å². The first-order chi connectivity index (χ1) is 10.2. The van der Waals surface area contributed by atoms with Crippen molar-refractivity contribution in [2.24, 2.45) is 5.10 Å². The second-order valence-electron chi connectivity index (χ2n) is 3.97. The van der Waals surface area contributed by atoms with Crippen LogP contribution in [0.4, 0.5) is 5.13 Å². The van der Waals surface area contributed by atoms with E-state index in [1.165, 1.54) is 17.6 Å². The molecule has 0 atom stereocenters. The Hall–Kier alpha value is -2.48. The molecule has 3 N–H and O–H groups in total. The Balaban J connectivity index is 1.91. The fourth-order valence-corrected chi connectivity index (χ4v) is 2.17. The van der Waals surface area contributed by atoms with Gasteiger partial charge >= 0.3 is 0 Å². The summed E-state index contributed by atoms with van der Waals surface area (Å²) < 4.78 is 5.46. The van der Waals surface area contributed by atoms with Gasteiger partial charge in [-0.25, -0.2) is 5.43 Å². The minimum Gasteiger partial charge on any atom is -0.493 e. The summed E-state index contributed by atoms with van der Waals surface area (Å²) in [6, 6.07) is 7.44. The van der Waals surface area contributed by atoms with Crippen molar-refractivity contribution in [3.05, 3.63) is 34.8 Å². The highest BCUT2D eigenvalue weighted by Gasteiger charge is 2.07. The zero-order chi connectivity index (χ0) is 15.1. The molecule has 1 aromatic heterocycles. The van der Waals surface area contributed by atoms with Gasteiger partial charge in [0.1, 0.15) is 10.8 Å². The second-order valence-corrected chi connectivity index (χ2v) is 5.07. The van der Waals surface area contributed by atoms with Crippen molar-refractivity contribution in [2.45, 2.75) is 13.3 Å². The number of hydrogen-bond acceptors (Lipinski definition) is 7. The third-order valence-electron chi connectivity index (χ3n) is 2.41. The van der Waals surface area contributed by atoms with Crippen LogP contribution in [0.5, 0.6) is 5.75 Å². The summed E-state index contributed by atoms with van der Waals surface area (Å²) in [6.45, 7) is 2.47. The number of carbonyl (C=O) groups is 1. The fourth-order valence-electron chi connectivity index (χ4n) is 1.56. The first-order valence-electron chi connectivity index (χ1n) is 6.30. The lowest BCUT2D eigenvalue weighted by atomic mass is 10.2. The molecule has 21 heavy (non-hydrogen) atoms. The monoisotopic (exact) mass is 305 g/mol. The minimum absolute atomic E-state index is 0.0965. The van der Waals surface area contributed by atoms with Gasteiger partial charge in [0.2, 0.25) is 11.0 Å². The molecule has 0 unspecified atom stereocenters. The molecule has 0 spiro atoms. The van der Waals surface area contributed by atoms with Gasteiger partial charge in [-0.3, -0.25) is 4.79 Å². The standard InChI is InChI=1S/C13H15N5O2S/c1-2-20-10-6-4-3-5-9(10)8-15-16-11(19)7-12-17-18-13(14)21-12/h3-6,8H,2,7H2,1H3,(H2,14,18)(H,16,19). The van der Waals surface area contributed by atoms with Crippen LogP contribution in [0.2, 0.25) is 0 Å². The number of nitrogens with two attached hydrogens (primary N) is 1. The van der Waals surface area contributed by atoms with Gasteiger partial charge in [-0.2, -0.15) is 5.10 Å². The van der Waals surface area contributed by atoms with Gasteiger partial charge in [0, 0.05) is 5.56 Å². The van der Waals surface area contributed by atoms with E-state index < -0.39 is 0 Å². The maximum atomic E-state index is 11.7. The number of hydrazone groups is 1. The van der Waals surface area contributed by atoms with Crippen LogP contribution in [0, 0.1) is 0 Å². The highest BCUT2D eigenvalue weighted by molar-refractivity contribution is 7.15. The molecular formula is C13H15N5O2S. The summed E-state index contributed by atoms with van der Waals surface area (Å²) in [5, 5.41) is 12.2. The number of hydrogen-bond donors (Lipinski definition) is 2. The molecule has 0 aliphatic heterocycles. The van der Waals surface area contributed by atoms with Crippen LogP contribution in [-0.2, 0) is 11.2 Å². The molecule has 2 aromatic rings. The van der Waals surface area contributed by atoms with E-state index in [9.17, 15) is 4.79 Å². The van der Waals surface area contributed by atoms with Crippen LogP contribution in [0.25, 0.3) is 0 Å². The van der Waals surface area contributed by atoms with Crippen molar-refractivity contribution >= 4 is 28.6 Å². The lowest BCUT2D eigenvalue weighted by molar-refractivity contribution is -0.120. The summed E-state index contributed by atoms with van der Waals surface area (Å²) in [7, 11) is 0. The largest absolute Gasteiger partial charge is 0.493 e. The number of para-hydroxylation sites is 1. The maximum Gasteiger partial charge on any atom is 0.247 e. The molecule has 0 fully saturated rings. The van der Waals surface area contributed by atoms with Crippen molar-refractivity contribution in [1.29, 1.82) is 0 Å². The van der Waals surface area contributed by atoms with Crippen molar-refractivity contribution in [3.8, 4) is 5.75 Å². The van der Waals surface area contributed by atoms with E-state index in [1.807, 2.05) is 31.2 Å². The lowest BCUT2D eigenvalue weighted by Crippen LogP contribution is -2.19. The first kappa shape index (κ1) is 14.9. The number of ether oxygens (including phenoxy) is 1. The van der Waals surface area contributed by atoms with Crippen LogP contribution >= 0.6 is 11.3 Å². The number of carbonyl (C=O) groups excluding carboxylic acids is 1. The highest BCUT2D eigenvalue weighted by atomic mass is 32.1. The number of nitrogen functional groups attached to an aromatic ring is 1. The van der Waals surface area contributed by atoms with Gasteiger partial charge in [0.05, 0.1) is 19.2 Å². The number of nitrogens with one attached hydrogen (secondary N) is 1. The normalized spacial score (nSPS) is 10.7. The molecule has 1 amide bonds. The molecule has 110 valence electrons. The summed E-state index contributed by atoms with van der Waals surface area (Å²) in [5.74, 6) is 0.436. The minimum atomic E-state index is -0.281. The number of amides is 1. The molecule has 0 radical (unpaired) electrons. The van der Waals surface area contributed by atoms with Crippen LogP contribution in [0.15, 0.2) is 29.4 Å². The summed E-state index contributed by atoms with van der Waals surface area (Å²) in [6.07, 6.45) is 1.64. The van der Waals surface area contributed by atoms with Gasteiger partial charge < -0.3 is 10.5 Å². The highest BCUT2D eigenvalue weighted by Crippen LogP contribution is 2.15. The fraction of sp³-hybridized carbons (Fsp3) is 0.231. The zero-order valence-electron chi connectivity index (χ0n) is 11.4. The molecule has 0 saturated heterocycles. The molecule has 0 bridgehead atoms. The van der Waals surface area contributed by atoms with Gasteiger partial charge in [0.25, 0.3) is 0 Å². The van der Waals surface area contributed by atoms with Crippen molar-refractivity contribution < 1.29 is 9.53 Å². The average Bonchev–Trinajstić information content (AvgIpc) is 2.86. The maximum absolute atomic E-state index is 11.7. The van der Waals surface area contributed by atoms with Crippen LogP contribution in [0.1, 0.15) is 17.5 Å². The third kappa shape index (κ3) is 4.53. The number of aromatic nitrogens is 2. The second kappa shape index (κ2) is 7.34. The Morgan fingerprint density at radius 2 is 2.29 bits per heavy atom. The Kier molecular flexibility index (Phi) is 5.22. The first-order valence-corrected chi connectivity index (χ1v) is 7.12. The topological polar surface area (TPSA) is 102 Å². The molecule has 2 rings (SSSR count). The van der Waals surface area contributed by atoms with Crippen LogP contribution in [-0.4, -0.2) is 28.9 Å². The molecule has 1 aromatic carbocycles. The Morgan fingerprint density at radius 3 is 3.00 bits per heavy atom. The van der Waals surface area contributed by atoms with E-state index in [4.69, 9.17) is 10.5 Å². The van der Waals surface area contributed by atoms with Crippen molar-refractivity contribution in [3.63, 3.8) is 0 Å². The molecule has 1 heterocycles. The summed E-state index contributed by atoms with van der Waals surface area (Å²) in [4.78, 5) is 11.7.